The van der Waals surface area contributed by atoms with Crippen molar-refractivity contribution < 1.29 is 14.6 Å². The van der Waals surface area contributed by atoms with E-state index < -0.39 is 11.7 Å². The third-order valence-electron chi connectivity index (χ3n) is 2.39. The van der Waals surface area contributed by atoms with E-state index in [1.807, 2.05) is 0 Å². The van der Waals surface area contributed by atoms with Crippen LogP contribution in [0.3, 0.4) is 0 Å². The predicted molar refractivity (Wildman–Crippen MR) is 72.6 cm³/mol. The Hall–Kier alpha value is -2.15. The zero-order chi connectivity index (χ0) is 14.0. The van der Waals surface area contributed by atoms with Gasteiger partial charge in [-0.3, -0.25) is 0 Å². The molecular formula is C12H10BrN3O3. The molecule has 1 aromatic carbocycles. The molecule has 0 fully saturated rings. The van der Waals surface area contributed by atoms with Crippen LogP contribution >= 0.6 is 15.9 Å². The van der Waals surface area contributed by atoms with Gasteiger partial charge in [0.25, 0.3) is 0 Å². The molecule has 0 aliphatic rings. The number of nitrogens with two attached hydrogens (primary N) is 1. The van der Waals surface area contributed by atoms with Crippen molar-refractivity contribution in [3.05, 3.63) is 34.4 Å². The zero-order valence-corrected chi connectivity index (χ0v) is 11.5. The van der Waals surface area contributed by atoms with Gasteiger partial charge in [0.05, 0.1) is 7.11 Å². The van der Waals surface area contributed by atoms with Crippen LogP contribution in [0, 0.1) is 0 Å². The Kier molecular flexibility index (Phi) is 3.66. The minimum atomic E-state index is -0.773. The fourth-order valence-electron chi connectivity index (χ4n) is 1.44. The maximum absolute atomic E-state index is 11.5. The smallest absolute Gasteiger partial charge is 0.360 e. The molecule has 0 bridgehead atoms. The van der Waals surface area contributed by atoms with Gasteiger partial charge in [-0.15, -0.1) is 0 Å². The number of nitrogens with zero attached hydrogens (tertiary/aromatic N) is 2. The summed E-state index contributed by atoms with van der Waals surface area (Å²) in [6.45, 7) is 0. The number of rotatable bonds is 2. The van der Waals surface area contributed by atoms with Gasteiger partial charge in [-0.2, -0.15) is 0 Å². The van der Waals surface area contributed by atoms with Crippen molar-refractivity contribution in [3.8, 4) is 17.1 Å². The summed E-state index contributed by atoms with van der Waals surface area (Å²) in [6, 6.07) is 7.13. The third-order valence-corrected chi connectivity index (χ3v) is 2.92. The minimum absolute atomic E-state index is 0.173. The quantitative estimate of drug-likeness (QED) is 0.820. The minimum Gasteiger partial charge on any atom is -0.503 e. The monoisotopic (exact) mass is 323 g/mol. The highest BCUT2D eigenvalue weighted by atomic mass is 79.9. The molecule has 2 rings (SSSR count). The number of carbonyl (C=O) groups excluding carboxylic acids is 1. The summed E-state index contributed by atoms with van der Waals surface area (Å²) in [5.74, 6) is -1.19. The molecule has 0 aliphatic heterocycles. The number of esters is 1. The van der Waals surface area contributed by atoms with Crippen LogP contribution in [0.1, 0.15) is 10.5 Å². The number of anilines is 1. The number of aromatic hydroxyl groups is 1. The average molecular weight is 324 g/mol. The average Bonchev–Trinajstić information content (AvgIpc) is 2.41. The van der Waals surface area contributed by atoms with Crippen LogP contribution in [0.2, 0.25) is 0 Å². The van der Waals surface area contributed by atoms with E-state index in [0.717, 1.165) is 4.47 Å². The van der Waals surface area contributed by atoms with Crippen LogP contribution in [-0.4, -0.2) is 28.2 Å². The molecule has 0 unspecified atom stereocenters. The lowest BCUT2D eigenvalue weighted by Crippen LogP contribution is -2.09. The van der Waals surface area contributed by atoms with Gasteiger partial charge in [0.15, 0.2) is 23.1 Å². The van der Waals surface area contributed by atoms with Gasteiger partial charge in [-0.1, -0.05) is 28.1 Å². The molecule has 7 heteroatoms. The van der Waals surface area contributed by atoms with Gasteiger partial charge in [0.1, 0.15) is 0 Å². The van der Waals surface area contributed by atoms with Gasteiger partial charge in [-0.05, 0) is 12.1 Å². The number of aromatic nitrogens is 2. The molecule has 0 saturated carbocycles. The first-order valence-corrected chi connectivity index (χ1v) is 6.03. The van der Waals surface area contributed by atoms with Gasteiger partial charge in [-0.25, -0.2) is 14.8 Å². The van der Waals surface area contributed by atoms with Crippen LogP contribution in [0.5, 0.6) is 5.75 Å². The zero-order valence-electron chi connectivity index (χ0n) is 9.92. The van der Waals surface area contributed by atoms with Gasteiger partial charge in [0, 0.05) is 10.0 Å². The highest BCUT2D eigenvalue weighted by Crippen LogP contribution is 2.26. The second-order valence-electron chi connectivity index (χ2n) is 3.63. The molecule has 19 heavy (non-hydrogen) atoms. The largest absolute Gasteiger partial charge is 0.503 e. The number of hydrogen-bond donors (Lipinski definition) is 2. The Morgan fingerprint density at radius 3 is 2.53 bits per heavy atom. The molecule has 1 aromatic heterocycles. The van der Waals surface area contributed by atoms with Crippen LogP contribution in [0.25, 0.3) is 11.4 Å². The summed E-state index contributed by atoms with van der Waals surface area (Å²) in [7, 11) is 1.19. The maximum Gasteiger partial charge on any atom is 0.360 e. The number of methoxy groups -OCH3 is 1. The predicted octanol–water partition coefficient (Wildman–Crippen LogP) is 1.98. The van der Waals surface area contributed by atoms with Crippen molar-refractivity contribution in [3.63, 3.8) is 0 Å². The highest BCUT2D eigenvalue weighted by molar-refractivity contribution is 9.10. The van der Waals surface area contributed by atoms with Crippen molar-refractivity contribution in [2.75, 3.05) is 12.8 Å². The lowest BCUT2D eigenvalue weighted by Gasteiger charge is -2.07. The molecule has 2 aromatic rings. The van der Waals surface area contributed by atoms with E-state index in [2.05, 4.69) is 30.6 Å². The number of hydrogen-bond acceptors (Lipinski definition) is 6. The molecule has 0 aliphatic carbocycles. The van der Waals surface area contributed by atoms with E-state index in [1.165, 1.54) is 7.11 Å². The maximum atomic E-state index is 11.5. The molecule has 6 nitrogen and oxygen atoms in total. The van der Waals surface area contributed by atoms with Crippen LogP contribution in [0.15, 0.2) is 28.7 Å². The molecule has 1 heterocycles. The highest BCUT2D eigenvalue weighted by Gasteiger charge is 2.19. The van der Waals surface area contributed by atoms with Crippen molar-refractivity contribution >= 4 is 27.7 Å². The molecule has 3 N–H and O–H groups in total. The third kappa shape index (κ3) is 2.65. The fourth-order valence-corrected chi connectivity index (χ4v) is 1.70. The summed E-state index contributed by atoms with van der Waals surface area (Å²) in [6.07, 6.45) is 0. The van der Waals surface area contributed by atoms with Crippen LogP contribution < -0.4 is 5.73 Å². The van der Waals surface area contributed by atoms with Crippen molar-refractivity contribution in [1.29, 1.82) is 0 Å². The van der Waals surface area contributed by atoms with E-state index in [9.17, 15) is 9.90 Å². The number of halogens is 1. The van der Waals surface area contributed by atoms with E-state index >= 15 is 0 Å². The molecule has 0 atom stereocenters. The lowest BCUT2D eigenvalue weighted by atomic mass is 10.2. The Bertz CT molecular complexity index is 629. The molecule has 0 amide bonds. The van der Waals surface area contributed by atoms with E-state index in [-0.39, 0.29) is 17.3 Å². The topological polar surface area (TPSA) is 98.3 Å². The Morgan fingerprint density at radius 2 is 1.95 bits per heavy atom. The molecule has 0 radical (unpaired) electrons. The van der Waals surface area contributed by atoms with Crippen molar-refractivity contribution in [1.82, 2.24) is 9.97 Å². The SMILES string of the molecule is COC(=O)c1nc(-c2ccc(Br)cc2)nc(N)c1O. The molecular weight excluding hydrogens is 314 g/mol. The first kappa shape index (κ1) is 13.3. The summed E-state index contributed by atoms with van der Waals surface area (Å²) >= 11 is 3.31. The standard InChI is InChI=1S/C12H10BrN3O3/c1-19-12(18)8-9(17)10(14)16-11(15-8)6-2-4-7(13)5-3-6/h2-5,17H,1H3,(H2,14,15,16). The summed E-state index contributed by atoms with van der Waals surface area (Å²) < 4.78 is 5.43. The number of nitrogen functional groups attached to an aromatic ring is 1. The van der Waals surface area contributed by atoms with Crippen LogP contribution in [0.4, 0.5) is 5.82 Å². The van der Waals surface area contributed by atoms with Gasteiger partial charge < -0.3 is 15.6 Å². The number of carbonyl (C=O) groups is 1. The summed E-state index contributed by atoms with van der Waals surface area (Å²) in [5, 5.41) is 9.66. The second-order valence-corrected chi connectivity index (χ2v) is 4.54. The Labute approximate surface area is 117 Å². The van der Waals surface area contributed by atoms with Crippen molar-refractivity contribution in [2.45, 2.75) is 0 Å². The van der Waals surface area contributed by atoms with E-state index in [1.54, 1.807) is 24.3 Å². The number of benzene rings is 1. The van der Waals surface area contributed by atoms with Crippen molar-refractivity contribution in [2.24, 2.45) is 0 Å². The Morgan fingerprint density at radius 1 is 1.32 bits per heavy atom. The molecule has 0 saturated heterocycles. The summed E-state index contributed by atoms with van der Waals surface area (Å²) in [5.41, 5.74) is 5.97. The van der Waals surface area contributed by atoms with Crippen LogP contribution in [-0.2, 0) is 4.74 Å². The first-order chi connectivity index (χ1) is 9.02. The lowest BCUT2D eigenvalue weighted by molar-refractivity contribution is 0.0590. The fraction of sp³-hybridized carbons (Fsp3) is 0.0833. The van der Waals surface area contributed by atoms with E-state index in [4.69, 9.17) is 5.73 Å². The van der Waals surface area contributed by atoms with Gasteiger partial charge in [0.2, 0.25) is 0 Å². The number of ether oxygens (including phenoxy) is 1. The van der Waals surface area contributed by atoms with E-state index in [0.29, 0.717) is 5.56 Å². The normalized spacial score (nSPS) is 10.2. The second kappa shape index (κ2) is 5.23. The molecule has 98 valence electrons. The Balaban J connectivity index is 2.56. The first-order valence-electron chi connectivity index (χ1n) is 5.23. The summed E-state index contributed by atoms with van der Waals surface area (Å²) in [4.78, 5) is 19.4. The van der Waals surface area contributed by atoms with Gasteiger partial charge >= 0.3 is 5.97 Å². The molecule has 0 spiro atoms.